The van der Waals surface area contributed by atoms with Gasteiger partial charge in [0.25, 0.3) is 0 Å². The number of amidine groups is 1. The zero-order valence-electron chi connectivity index (χ0n) is 42.9. The van der Waals surface area contributed by atoms with E-state index in [0.717, 1.165) is 49.7 Å². The Bertz CT molecular complexity index is 2620. The standard InChI is InChI=1S/C56H71Cl2N9O6/c1-32(2)45(61-55(70)72-5)53(68)65-30-10-14-43(65)51-59-47(49(57)63-51)38-20-16-36(17-21-38)41-28-29-42(67(41)40-26-24-35(25-27-40)34-12-8-7-9-13-34)37-18-22-39(23-19-37)48-50(58)64-52(60-48)44-15-11-31-66(44)54(69)46(33(3)4)62-56(71)73-6/h16-27,32-34,41-47,49H,7-15,28-31H2,1-6H3,(H,59,63)(H,60,64)(H,61,70)(H,62,71)/t41-,42-,43+,44+,45+,46?,47?,49?/m1/s1. The highest BCUT2D eigenvalue weighted by atomic mass is 35.5. The molecule has 0 radical (unpaired) electrons. The molecule has 1 aromatic heterocycles. The Kier molecular flexibility index (Phi) is 16.2. The molecule has 5 heterocycles. The topological polar surface area (TPSA) is 174 Å². The Morgan fingerprint density at radius 1 is 0.630 bits per heavy atom. The zero-order valence-corrected chi connectivity index (χ0v) is 44.4. The Hall–Kier alpha value is -5.80. The summed E-state index contributed by atoms with van der Waals surface area (Å²) in [6.07, 6.45) is 10.1. The number of aromatic nitrogens is 2. The minimum Gasteiger partial charge on any atom is -0.453 e. The van der Waals surface area contributed by atoms with E-state index in [-0.39, 0.29) is 53.9 Å². The van der Waals surface area contributed by atoms with Gasteiger partial charge in [-0.15, -0.1) is 0 Å². The number of rotatable bonds is 14. The third-order valence-electron chi connectivity index (χ3n) is 15.9. The number of anilines is 1. The van der Waals surface area contributed by atoms with Gasteiger partial charge < -0.3 is 45.1 Å². The smallest absolute Gasteiger partial charge is 0.407 e. The number of benzene rings is 3. The number of halogens is 2. The first-order valence-electron chi connectivity index (χ1n) is 26.4. The van der Waals surface area contributed by atoms with Gasteiger partial charge >= 0.3 is 12.2 Å². The van der Waals surface area contributed by atoms with Crippen molar-refractivity contribution in [3.8, 4) is 11.3 Å². The number of H-pyrrole nitrogens is 1. The number of methoxy groups -OCH3 is 2. The van der Waals surface area contributed by atoms with Gasteiger partial charge in [0.1, 0.15) is 46.1 Å². The third-order valence-corrected chi connectivity index (χ3v) is 16.5. The van der Waals surface area contributed by atoms with Crippen molar-refractivity contribution in [1.82, 2.24) is 35.7 Å². The molecular weight excluding hydrogens is 966 g/mol. The molecule has 9 rings (SSSR count). The molecule has 1 saturated carbocycles. The lowest BCUT2D eigenvalue weighted by Gasteiger charge is -2.34. The highest BCUT2D eigenvalue weighted by Crippen LogP contribution is 2.48. The van der Waals surface area contributed by atoms with E-state index in [1.54, 1.807) is 4.90 Å². The number of ether oxygens (including phenoxy) is 2. The Labute approximate surface area is 439 Å². The van der Waals surface area contributed by atoms with E-state index in [4.69, 9.17) is 42.7 Å². The summed E-state index contributed by atoms with van der Waals surface area (Å²) in [7, 11) is 2.59. The SMILES string of the molecule is COC(=O)NC(C(=O)N1CCC[C@H]1c1nc(-c2ccc([C@H]3CC[C@H](c4ccc(C5N=C([C@@H]6CCCN6C(=O)[C@@H](NC(=O)OC)C(C)C)NC5Cl)cc4)N3c3ccc(C4CCCCC4)cc3)cc2)c(Cl)[nH]1)C(C)C. The minimum absolute atomic E-state index is 0.101. The molecule has 4 N–H and O–H groups in total. The molecule has 15 nitrogen and oxygen atoms in total. The number of amides is 4. The summed E-state index contributed by atoms with van der Waals surface area (Å²) >= 11 is 13.9. The van der Waals surface area contributed by atoms with Crippen LogP contribution in [0.5, 0.6) is 0 Å². The van der Waals surface area contributed by atoms with E-state index in [9.17, 15) is 19.2 Å². The highest BCUT2D eigenvalue weighted by Gasteiger charge is 2.43. The van der Waals surface area contributed by atoms with E-state index < -0.39 is 29.8 Å². The van der Waals surface area contributed by atoms with Crippen LogP contribution in [0.4, 0.5) is 15.3 Å². The summed E-state index contributed by atoms with van der Waals surface area (Å²) in [6.45, 7) is 8.74. The van der Waals surface area contributed by atoms with Crippen LogP contribution in [0.15, 0.2) is 77.8 Å². The molecule has 1 aliphatic carbocycles. The summed E-state index contributed by atoms with van der Waals surface area (Å²) < 4.78 is 9.64. The number of likely N-dealkylation sites (tertiary alicyclic amines) is 2. The van der Waals surface area contributed by atoms with Gasteiger partial charge in [-0.2, -0.15) is 0 Å². The molecule has 4 aliphatic heterocycles. The molecule has 4 amide bonds. The van der Waals surface area contributed by atoms with Gasteiger partial charge in [-0.1, -0.05) is 131 Å². The van der Waals surface area contributed by atoms with Gasteiger partial charge in [0, 0.05) is 24.3 Å². The number of alkyl halides is 1. The van der Waals surface area contributed by atoms with Crippen LogP contribution < -0.4 is 20.9 Å². The molecule has 4 aromatic rings. The molecule has 3 saturated heterocycles. The zero-order chi connectivity index (χ0) is 51.5. The van der Waals surface area contributed by atoms with Crippen LogP contribution in [0.3, 0.4) is 0 Å². The molecule has 8 atom stereocenters. The first-order chi connectivity index (χ1) is 35.2. The van der Waals surface area contributed by atoms with Gasteiger partial charge in [-0.05, 0) is 104 Å². The molecule has 73 heavy (non-hydrogen) atoms. The summed E-state index contributed by atoms with van der Waals surface area (Å²) in [6, 6.07) is 24.5. The van der Waals surface area contributed by atoms with Crippen molar-refractivity contribution >= 4 is 58.7 Å². The monoisotopic (exact) mass is 1040 g/mol. The maximum atomic E-state index is 13.9. The number of imidazole rings is 1. The molecule has 390 valence electrons. The number of hydrogen-bond donors (Lipinski definition) is 4. The lowest BCUT2D eigenvalue weighted by molar-refractivity contribution is -0.135. The van der Waals surface area contributed by atoms with Crippen LogP contribution in [0.1, 0.15) is 156 Å². The van der Waals surface area contributed by atoms with Crippen LogP contribution in [0.2, 0.25) is 5.15 Å². The lowest BCUT2D eigenvalue weighted by Crippen LogP contribution is -2.55. The lowest BCUT2D eigenvalue weighted by atomic mass is 9.84. The fourth-order valence-corrected chi connectivity index (χ4v) is 12.5. The van der Waals surface area contributed by atoms with Crippen molar-refractivity contribution in [2.75, 3.05) is 32.2 Å². The van der Waals surface area contributed by atoms with Crippen molar-refractivity contribution in [2.24, 2.45) is 16.8 Å². The number of carbonyl (C=O) groups is 4. The van der Waals surface area contributed by atoms with Gasteiger partial charge in [-0.3, -0.25) is 14.6 Å². The van der Waals surface area contributed by atoms with Crippen LogP contribution in [0.25, 0.3) is 11.3 Å². The van der Waals surface area contributed by atoms with Crippen molar-refractivity contribution in [2.45, 2.75) is 152 Å². The predicted molar refractivity (Wildman–Crippen MR) is 285 cm³/mol. The van der Waals surface area contributed by atoms with Crippen LogP contribution >= 0.6 is 23.2 Å². The number of hydrogen-bond acceptors (Lipinski definition) is 10. The van der Waals surface area contributed by atoms with Gasteiger partial charge in [0.05, 0.1) is 38.4 Å². The summed E-state index contributed by atoms with van der Waals surface area (Å²) in [4.78, 5) is 71.6. The van der Waals surface area contributed by atoms with Crippen molar-refractivity contribution in [3.63, 3.8) is 0 Å². The molecule has 0 bridgehead atoms. The molecule has 17 heteroatoms. The van der Waals surface area contributed by atoms with Crippen LogP contribution in [-0.2, 0) is 19.1 Å². The largest absolute Gasteiger partial charge is 0.453 e. The Balaban J connectivity index is 0.945. The van der Waals surface area contributed by atoms with E-state index >= 15 is 0 Å². The second-order valence-corrected chi connectivity index (χ2v) is 22.0. The molecule has 3 unspecified atom stereocenters. The van der Waals surface area contributed by atoms with E-state index in [1.807, 2.05) is 32.6 Å². The van der Waals surface area contributed by atoms with Gasteiger partial charge in [0.15, 0.2) is 0 Å². The molecule has 3 aromatic carbocycles. The number of aromatic amines is 1. The fourth-order valence-electron chi connectivity index (χ4n) is 12.0. The van der Waals surface area contributed by atoms with Gasteiger partial charge in [-0.25, -0.2) is 14.6 Å². The first kappa shape index (κ1) is 52.1. The van der Waals surface area contributed by atoms with Crippen LogP contribution in [-0.4, -0.2) is 101 Å². The summed E-state index contributed by atoms with van der Waals surface area (Å²) in [5.74, 6) is 1.33. The fraction of sp³-hybridized carbons (Fsp3) is 0.536. The molecule has 0 spiro atoms. The second-order valence-electron chi connectivity index (χ2n) is 21.1. The van der Waals surface area contributed by atoms with Crippen molar-refractivity contribution in [3.05, 3.63) is 106 Å². The Morgan fingerprint density at radius 2 is 1.14 bits per heavy atom. The number of carbonyl (C=O) groups excluding carboxylic acids is 4. The second kappa shape index (κ2) is 22.8. The normalized spacial score (nSPS) is 24.1. The number of alkyl carbamates (subject to hydrolysis) is 2. The third kappa shape index (κ3) is 11.0. The maximum absolute atomic E-state index is 13.9. The quantitative estimate of drug-likeness (QED) is 0.0708. The number of nitrogens with zero attached hydrogens (tertiary/aromatic N) is 5. The number of nitrogens with one attached hydrogen (secondary N) is 4. The van der Waals surface area contributed by atoms with Crippen molar-refractivity contribution < 1.29 is 28.7 Å². The first-order valence-corrected chi connectivity index (χ1v) is 27.2. The number of aliphatic imine (C=N–C) groups is 1. The minimum atomic E-state index is -0.732. The molecule has 4 fully saturated rings. The summed E-state index contributed by atoms with van der Waals surface area (Å²) in [5.41, 5.74) is 7.02. The molecular formula is C56H71Cl2N9O6. The van der Waals surface area contributed by atoms with Crippen LogP contribution in [0, 0.1) is 11.8 Å². The summed E-state index contributed by atoms with van der Waals surface area (Å²) in [5, 5.41) is 9.27. The average Bonchev–Trinajstić information content (AvgIpc) is 4.28. The van der Waals surface area contributed by atoms with Crippen molar-refractivity contribution in [1.29, 1.82) is 0 Å². The predicted octanol–water partition coefficient (Wildman–Crippen LogP) is 10.9. The van der Waals surface area contributed by atoms with Gasteiger partial charge in [0.2, 0.25) is 11.8 Å². The van der Waals surface area contributed by atoms with E-state index in [2.05, 4.69) is 98.6 Å². The van der Waals surface area contributed by atoms with E-state index in [0.29, 0.717) is 41.5 Å². The Morgan fingerprint density at radius 3 is 1.68 bits per heavy atom. The average molecular weight is 1040 g/mol. The maximum Gasteiger partial charge on any atom is 0.407 e. The highest BCUT2D eigenvalue weighted by molar-refractivity contribution is 6.32. The van der Waals surface area contributed by atoms with E-state index in [1.165, 1.54) is 68.7 Å². The molecule has 5 aliphatic rings.